The van der Waals surface area contributed by atoms with Crippen molar-refractivity contribution in [3.05, 3.63) is 58.3 Å². The van der Waals surface area contributed by atoms with E-state index in [-0.39, 0.29) is 17.9 Å². The van der Waals surface area contributed by atoms with Gasteiger partial charge in [0, 0.05) is 11.5 Å². The Kier molecular flexibility index (Phi) is 5.91. The van der Waals surface area contributed by atoms with Crippen LogP contribution in [0.2, 0.25) is 0 Å². The second kappa shape index (κ2) is 8.55. The maximum absolute atomic E-state index is 12.3. The molecule has 2 heterocycles. The fourth-order valence-electron chi connectivity index (χ4n) is 4.34. The lowest BCUT2D eigenvalue weighted by atomic mass is 10.0. The molecule has 1 saturated carbocycles. The highest BCUT2D eigenvalue weighted by Gasteiger charge is 2.38. The van der Waals surface area contributed by atoms with Crippen molar-refractivity contribution in [2.45, 2.75) is 38.4 Å². The second-order valence-electron chi connectivity index (χ2n) is 8.14. The number of nitrogens with one attached hydrogen (secondary N) is 3. The molecule has 1 aromatic carbocycles. The fourth-order valence-corrected chi connectivity index (χ4v) is 5.33. The Morgan fingerprint density at radius 2 is 1.85 bits per heavy atom. The Bertz CT molecular complexity index is 721. The number of hydrogen-bond acceptors (Lipinski definition) is 2. The number of carbonyl (C=O) groups excluding carboxylic acids is 1. The standard InChI is InChI=1S/C22H29N3OS/c1-17(23-22(26)19-9-10-19)21(20-8-5-15-27-20)25-13-11-24(12-14-25)16-18-6-3-2-4-7-18/h2-8,15,17,19,21H,9-14,16H2,1H3,(H,23,26)/p+2/t17-,21+/m1/s1. The third kappa shape index (κ3) is 4.78. The van der Waals surface area contributed by atoms with E-state index in [0.717, 1.165) is 32.5 Å². The Hall–Kier alpha value is -1.69. The van der Waals surface area contributed by atoms with Gasteiger partial charge in [0.2, 0.25) is 5.91 Å². The molecule has 1 amide bonds. The first-order valence-electron chi connectivity index (χ1n) is 10.3. The van der Waals surface area contributed by atoms with Crippen LogP contribution < -0.4 is 15.1 Å². The molecule has 1 aromatic heterocycles. The molecule has 5 heteroatoms. The molecular formula is C22H31N3OS+2. The van der Waals surface area contributed by atoms with Crippen LogP contribution in [0, 0.1) is 5.92 Å². The number of thiophene rings is 1. The van der Waals surface area contributed by atoms with E-state index in [0.29, 0.717) is 6.04 Å². The van der Waals surface area contributed by atoms with E-state index in [2.05, 4.69) is 60.1 Å². The maximum atomic E-state index is 12.3. The molecule has 2 fully saturated rings. The van der Waals surface area contributed by atoms with Gasteiger partial charge in [-0.15, -0.1) is 11.3 Å². The summed E-state index contributed by atoms with van der Waals surface area (Å²) in [4.78, 5) is 17.0. The zero-order valence-corrected chi connectivity index (χ0v) is 16.9. The van der Waals surface area contributed by atoms with E-state index >= 15 is 0 Å². The van der Waals surface area contributed by atoms with E-state index in [1.807, 2.05) is 11.3 Å². The van der Waals surface area contributed by atoms with E-state index < -0.39 is 0 Å². The minimum absolute atomic E-state index is 0.183. The molecule has 0 radical (unpaired) electrons. The predicted octanol–water partition coefficient (Wildman–Crippen LogP) is 0.688. The number of carbonyl (C=O) groups is 1. The van der Waals surface area contributed by atoms with Crippen molar-refractivity contribution >= 4 is 17.2 Å². The van der Waals surface area contributed by atoms with Gasteiger partial charge in [-0.3, -0.25) is 4.79 Å². The van der Waals surface area contributed by atoms with E-state index in [1.165, 1.54) is 23.5 Å². The summed E-state index contributed by atoms with van der Waals surface area (Å²) in [6.07, 6.45) is 2.13. The molecule has 1 aliphatic carbocycles. The molecule has 2 atom stereocenters. The quantitative estimate of drug-likeness (QED) is 0.645. The smallest absolute Gasteiger partial charge is 0.223 e. The van der Waals surface area contributed by atoms with Gasteiger partial charge in [-0.1, -0.05) is 36.4 Å². The van der Waals surface area contributed by atoms with Crippen molar-refractivity contribution in [2.24, 2.45) is 5.92 Å². The SMILES string of the molecule is C[C@@H](NC(=O)C1CC1)[C@@H](c1cccs1)[NH+]1CC[NH+](Cc2ccccc2)CC1. The number of benzene rings is 1. The van der Waals surface area contributed by atoms with Crippen molar-refractivity contribution in [1.29, 1.82) is 0 Å². The van der Waals surface area contributed by atoms with Crippen LogP contribution in [0.5, 0.6) is 0 Å². The predicted molar refractivity (Wildman–Crippen MR) is 109 cm³/mol. The van der Waals surface area contributed by atoms with Gasteiger partial charge < -0.3 is 15.1 Å². The lowest BCUT2D eigenvalue weighted by molar-refractivity contribution is -1.03. The first kappa shape index (κ1) is 18.7. The molecule has 1 aliphatic heterocycles. The Morgan fingerprint density at radius 3 is 2.48 bits per heavy atom. The normalized spacial score (nSPS) is 24.9. The molecule has 144 valence electrons. The summed E-state index contributed by atoms with van der Waals surface area (Å²) in [6, 6.07) is 15.7. The van der Waals surface area contributed by atoms with Crippen LogP contribution in [0.4, 0.5) is 0 Å². The average Bonchev–Trinajstić information content (AvgIpc) is 3.41. The van der Waals surface area contributed by atoms with Crippen molar-refractivity contribution in [3.63, 3.8) is 0 Å². The first-order chi connectivity index (χ1) is 13.2. The second-order valence-corrected chi connectivity index (χ2v) is 9.11. The van der Waals surface area contributed by atoms with Crippen molar-refractivity contribution in [1.82, 2.24) is 5.32 Å². The Labute approximate surface area is 166 Å². The van der Waals surface area contributed by atoms with Crippen LogP contribution in [-0.4, -0.2) is 38.1 Å². The molecule has 0 spiro atoms. The van der Waals surface area contributed by atoms with E-state index in [9.17, 15) is 4.79 Å². The number of rotatable bonds is 7. The van der Waals surface area contributed by atoms with Crippen LogP contribution in [0.1, 0.15) is 36.2 Å². The summed E-state index contributed by atoms with van der Waals surface area (Å²) in [5.41, 5.74) is 1.43. The van der Waals surface area contributed by atoms with Crippen molar-refractivity contribution in [2.75, 3.05) is 26.2 Å². The lowest BCUT2D eigenvalue weighted by Gasteiger charge is -2.37. The summed E-state index contributed by atoms with van der Waals surface area (Å²) >= 11 is 1.83. The Morgan fingerprint density at radius 1 is 1.11 bits per heavy atom. The highest BCUT2D eigenvalue weighted by atomic mass is 32.1. The zero-order chi connectivity index (χ0) is 18.6. The molecule has 0 unspecified atom stereocenters. The number of piperazine rings is 1. The molecule has 3 N–H and O–H groups in total. The van der Waals surface area contributed by atoms with Gasteiger partial charge in [-0.2, -0.15) is 0 Å². The van der Waals surface area contributed by atoms with Crippen LogP contribution in [0.25, 0.3) is 0 Å². The minimum atomic E-state index is 0.183. The molecule has 0 bridgehead atoms. The van der Waals surface area contributed by atoms with Gasteiger partial charge in [0.05, 0.1) is 10.9 Å². The largest absolute Gasteiger partial charge is 0.347 e. The molecule has 27 heavy (non-hydrogen) atoms. The van der Waals surface area contributed by atoms with Crippen LogP contribution in [0.3, 0.4) is 0 Å². The maximum Gasteiger partial charge on any atom is 0.223 e. The molecule has 2 aromatic rings. The third-order valence-electron chi connectivity index (χ3n) is 6.00. The van der Waals surface area contributed by atoms with Crippen LogP contribution >= 0.6 is 11.3 Å². The minimum Gasteiger partial charge on any atom is -0.347 e. The molecule has 4 rings (SSSR count). The van der Waals surface area contributed by atoms with E-state index in [1.54, 1.807) is 9.80 Å². The number of amides is 1. The third-order valence-corrected chi connectivity index (χ3v) is 6.96. The number of hydrogen-bond donors (Lipinski definition) is 3. The van der Waals surface area contributed by atoms with Crippen LogP contribution in [0.15, 0.2) is 47.8 Å². The molecule has 2 aliphatic rings. The summed E-state index contributed by atoms with van der Waals surface area (Å²) in [7, 11) is 0. The van der Waals surface area contributed by atoms with E-state index in [4.69, 9.17) is 0 Å². The highest BCUT2D eigenvalue weighted by molar-refractivity contribution is 7.10. The Balaban J connectivity index is 1.38. The fraction of sp³-hybridized carbons (Fsp3) is 0.500. The van der Waals surface area contributed by atoms with Crippen molar-refractivity contribution < 1.29 is 14.6 Å². The van der Waals surface area contributed by atoms with Gasteiger partial charge >= 0.3 is 0 Å². The van der Waals surface area contributed by atoms with Gasteiger partial charge in [0.15, 0.2) is 0 Å². The van der Waals surface area contributed by atoms with Gasteiger partial charge in [0.25, 0.3) is 0 Å². The summed E-state index contributed by atoms with van der Waals surface area (Å²) in [5, 5.41) is 5.48. The highest BCUT2D eigenvalue weighted by Crippen LogP contribution is 2.29. The summed E-state index contributed by atoms with van der Waals surface area (Å²) < 4.78 is 0. The lowest BCUT2D eigenvalue weighted by Crippen LogP contribution is -3.28. The van der Waals surface area contributed by atoms with Gasteiger partial charge in [0.1, 0.15) is 38.8 Å². The zero-order valence-electron chi connectivity index (χ0n) is 16.1. The van der Waals surface area contributed by atoms with Crippen molar-refractivity contribution in [3.8, 4) is 0 Å². The van der Waals surface area contributed by atoms with Gasteiger partial charge in [-0.05, 0) is 31.2 Å². The van der Waals surface area contributed by atoms with Gasteiger partial charge in [-0.25, -0.2) is 0 Å². The monoisotopic (exact) mass is 385 g/mol. The molecular weight excluding hydrogens is 354 g/mol. The molecule has 1 saturated heterocycles. The topological polar surface area (TPSA) is 38.0 Å². The van der Waals surface area contributed by atoms with Crippen LogP contribution in [-0.2, 0) is 11.3 Å². The summed E-state index contributed by atoms with van der Waals surface area (Å²) in [5.74, 6) is 0.537. The summed E-state index contributed by atoms with van der Waals surface area (Å²) in [6.45, 7) is 8.01. The average molecular weight is 386 g/mol. The first-order valence-corrected chi connectivity index (χ1v) is 11.1. The number of quaternary nitrogens is 2. The molecule has 4 nitrogen and oxygen atoms in total.